The third-order valence-corrected chi connectivity index (χ3v) is 3.91. The van der Waals surface area contributed by atoms with Gasteiger partial charge in [0.05, 0.1) is 12.0 Å². The van der Waals surface area contributed by atoms with Gasteiger partial charge in [0, 0.05) is 18.6 Å². The van der Waals surface area contributed by atoms with E-state index in [9.17, 15) is 4.39 Å². The Morgan fingerprint density at radius 2 is 1.91 bits per heavy atom. The Labute approximate surface area is 136 Å². The highest BCUT2D eigenvalue weighted by molar-refractivity contribution is 6.30. The van der Waals surface area contributed by atoms with Crippen molar-refractivity contribution in [2.45, 2.75) is 20.3 Å². The van der Waals surface area contributed by atoms with Crippen molar-refractivity contribution >= 4 is 23.6 Å². The van der Waals surface area contributed by atoms with Crippen LogP contribution in [0.3, 0.4) is 0 Å². The Morgan fingerprint density at radius 3 is 2.55 bits per heavy atom. The Kier molecular flexibility index (Phi) is 5.56. The molecule has 2 nitrogen and oxygen atoms in total. The molecule has 2 rings (SSSR count). The fourth-order valence-electron chi connectivity index (χ4n) is 2.10. The number of hydrogen-bond donors (Lipinski definition) is 0. The van der Waals surface area contributed by atoms with Crippen molar-refractivity contribution in [3.05, 3.63) is 63.9 Å². The summed E-state index contributed by atoms with van der Waals surface area (Å²) in [5, 5.41) is 0.701. The van der Waals surface area contributed by atoms with Gasteiger partial charge in [0.25, 0.3) is 0 Å². The van der Waals surface area contributed by atoms with Gasteiger partial charge in [-0.05, 0) is 61.2 Å². The number of benzene rings is 2. The van der Waals surface area contributed by atoms with E-state index in [0.29, 0.717) is 17.1 Å². The molecule has 0 saturated carbocycles. The number of nitrogens with zero attached hydrogens (tertiary/aromatic N) is 2. The van der Waals surface area contributed by atoms with Gasteiger partial charge in [-0.1, -0.05) is 23.7 Å². The molecule has 0 aliphatic carbocycles. The lowest BCUT2D eigenvalue weighted by Gasteiger charge is -2.12. The van der Waals surface area contributed by atoms with E-state index in [1.54, 1.807) is 12.4 Å². The standard InChI is InChI=1S/C18H20ClFN2/c1-4-22(3)12-21-18-11-17(20)10-15(13(18)2)9-14-5-7-16(19)8-6-14/h5-8,10-12H,4,9H2,1-3H3. The van der Waals surface area contributed by atoms with Crippen molar-refractivity contribution in [2.24, 2.45) is 4.99 Å². The molecule has 0 aromatic heterocycles. The second-order valence-corrected chi connectivity index (χ2v) is 5.77. The molecule has 0 unspecified atom stereocenters. The number of rotatable bonds is 5. The highest BCUT2D eigenvalue weighted by Gasteiger charge is 2.08. The highest BCUT2D eigenvalue weighted by Crippen LogP contribution is 2.26. The van der Waals surface area contributed by atoms with Gasteiger partial charge in [-0.2, -0.15) is 0 Å². The maximum absolute atomic E-state index is 13.9. The predicted octanol–water partition coefficient (Wildman–Crippen LogP) is 4.99. The lowest BCUT2D eigenvalue weighted by Crippen LogP contribution is -2.14. The minimum absolute atomic E-state index is 0.263. The Bertz CT molecular complexity index is 666. The summed E-state index contributed by atoms with van der Waals surface area (Å²) in [5.74, 6) is -0.263. The fourth-order valence-corrected chi connectivity index (χ4v) is 2.23. The normalized spacial score (nSPS) is 11.1. The molecular formula is C18H20ClFN2. The topological polar surface area (TPSA) is 15.6 Å². The van der Waals surface area contributed by atoms with Crippen LogP contribution in [0, 0.1) is 12.7 Å². The van der Waals surface area contributed by atoms with Crippen LogP contribution in [0.1, 0.15) is 23.6 Å². The molecular weight excluding hydrogens is 299 g/mol. The highest BCUT2D eigenvalue weighted by atomic mass is 35.5. The number of aliphatic imine (C=N–C) groups is 1. The van der Waals surface area contributed by atoms with Gasteiger partial charge in [0.15, 0.2) is 0 Å². The second kappa shape index (κ2) is 7.41. The average molecular weight is 319 g/mol. The van der Waals surface area contributed by atoms with Crippen LogP contribution in [-0.4, -0.2) is 24.8 Å². The summed E-state index contributed by atoms with van der Waals surface area (Å²) in [5.41, 5.74) is 3.70. The van der Waals surface area contributed by atoms with Gasteiger partial charge >= 0.3 is 0 Å². The zero-order chi connectivity index (χ0) is 16.1. The first-order chi connectivity index (χ1) is 10.5. The lowest BCUT2D eigenvalue weighted by molar-refractivity contribution is 0.552. The molecule has 0 radical (unpaired) electrons. The van der Waals surface area contributed by atoms with Crippen molar-refractivity contribution in [1.82, 2.24) is 4.90 Å². The van der Waals surface area contributed by atoms with Crippen LogP contribution < -0.4 is 0 Å². The van der Waals surface area contributed by atoms with Crippen LogP contribution in [-0.2, 0) is 6.42 Å². The monoisotopic (exact) mass is 318 g/mol. The van der Waals surface area contributed by atoms with E-state index in [1.807, 2.05) is 50.1 Å². The molecule has 0 fully saturated rings. The van der Waals surface area contributed by atoms with E-state index in [4.69, 9.17) is 11.6 Å². The molecule has 22 heavy (non-hydrogen) atoms. The van der Waals surface area contributed by atoms with E-state index in [1.165, 1.54) is 6.07 Å². The summed E-state index contributed by atoms with van der Waals surface area (Å²) in [6, 6.07) is 10.7. The molecule has 0 spiro atoms. The molecule has 0 saturated heterocycles. The maximum atomic E-state index is 13.9. The molecule has 0 amide bonds. The maximum Gasteiger partial charge on any atom is 0.125 e. The van der Waals surface area contributed by atoms with E-state index >= 15 is 0 Å². The Morgan fingerprint density at radius 1 is 1.23 bits per heavy atom. The minimum Gasteiger partial charge on any atom is -0.366 e. The third-order valence-electron chi connectivity index (χ3n) is 3.65. The quantitative estimate of drug-likeness (QED) is 0.560. The van der Waals surface area contributed by atoms with Gasteiger partial charge < -0.3 is 4.90 Å². The van der Waals surface area contributed by atoms with Crippen molar-refractivity contribution in [2.75, 3.05) is 13.6 Å². The smallest absolute Gasteiger partial charge is 0.125 e. The second-order valence-electron chi connectivity index (χ2n) is 5.33. The molecule has 2 aromatic rings. The van der Waals surface area contributed by atoms with Crippen LogP contribution in [0.2, 0.25) is 5.02 Å². The van der Waals surface area contributed by atoms with Crippen molar-refractivity contribution in [1.29, 1.82) is 0 Å². The van der Waals surface area contributed by atoms with Crippen molar-refractivity contribution < 1.29 is 4.39 Å². The summed E-state index contributed by atoms with van der Waals surface area (Å²) < 4.78 is 13.9. The average Bonchev–Trinajstić information content (AvgIpc) is 2.50. The Hall–Kier alpha value is -1.87. The first kappa shape index (κ1) is 16.5. The van der Waals surface area contributed by atoms with E-state index in [-0.39, 0.29) is 5.82 Å². The summed E-state index contributed by atoms with van der Waals surface area (Å²) in [6.07, 6.45) is 2.39. The lowest BCUT2D eigenvalue weighted by atomic mass is 9.99. The van der Waals surface area contributed by atoms with Gasteiger partial charge in [-0.15, -0.1) is 0 Å². The number of halogens is 2. The van der Waals surface area contributed by atoms with E-state index < -0.39 is 0 Å². The Balaban J connectivity index is 2.30. The zero-order valence-electron chi connectivity index (χ0n) is 13.1. The molecule has 0 bridgehead atoms. The molecule has 0 aliphatic rings. The SMILES string of the molecule is CCN(C)C=Nc1cc(F)cc(Cc2ccc(Cl)cc2)c1C. The van der Waals surface area contributed by atoms with Gasteiger partial charge in [-0.25, -0.2) is 9.38 Å². The molecule has 0 aliphatic heterocycles. The van der Waals surface area contributed by atoms with Gasteiger partial charge in [0.1, 0.15) is 5.82 Å². The van der Waals surface area contributed by atoms with Crippen LogP contribution >= 0.6 is 11.6 Å². The number of hydrogen-bond acceptors (Lipinski definition) is 1. The summed E-state index contributed by atoms with van der Waals surface area (Å²) in [4.78, 5) is 6.34. The van der Waals surface area contributed by atoms with E-state index in [2.05, 4.69) is 4.99 Å². The first-order valence-electron chi connectivity index (χ1n) is 7.27. The third kappa shape index (κ3) is 4.31. The largest absolute Gasteiger partial charge is 0.366 e. The van der Waals surface area contributed by atoms with E-state index in [0.717, 1.165) is 23.2 Å². The predicted molar refractivity (Wildman–Crippen MR) is 91.9 cm³/mol. The summed E-state index contributed by atoms with van der Waals surface area (Å²) in [6.45, 7) is 4.87. The fraction of sp³-hybridized carbons (Fsp3) is 0.278. The zero-order valence-corrected chi connectivity index (χ0v) is 13.9. The molecule has 0 N–H and O–H groups in total. The van der Waals surface area contributed by atoms with Crippen LogP contribution in [0.5, 0.6) is 0 Å². The van der Waals surface area contributed by atoms with Gasteiger partial charge in [0.2, 0.25) is 0 Å². The van der Waals surface area contributed by atoms with Crippen LogP contribution in [0.25, 0.3) is 0 Å². The van der Waals surface area contributed by atoms with Crippen molar-refractivity contribution in [3.63, 3.8) is 0 Å². The molecule has 0 atom stereocenters. The van der Waals surface area contributed by atoms with Crippen LogP contribution in [0.4, 0.5) is 10.1 Å². The van der Waals surface area contributed by atoms with Crippen LogP contribution in [0.15, 0.2) is 41.4 Å². The minimum atomic E-state index is -0.263. The summed E-state index contributed by atoms with van der Waals surface area (Å²) >= 11 is 5.90. The first-order valence-corrected chi connectivity index (χ1v) is 7.65. The molecule has 4 heteroatoms. The molecule has 116 valence electrons. The summed E-state index contributed by atoms with van der Waals surface area (Å²) in [7, 11) is 1.94. The van der Waals surface area contributed by atoms with Crippen molar-refractivity contribution in [3.8, 4) is 0 Å². The molecule has 0 heterocycles. The molecule has 2 aromatic carbocycles. The van der Waals surface area contributed by atoms with Gasteiger partial charge in [-0.3, -0.25) is 0 Å².